The highest BCUT2D eigenvalue weighted by Gasteiger charge is 2.15. The number of aliphatic hydroxyl groups is 1. The molecule has 0 unspecified atom stereocenters. The summed E-state index contributed by atoms with van der Waals surface area (Å²) in [6, 6.07) is 0.956. The SMILES string of the molecule is C[C@@H](O)[C@@H](N)c1cc(Br)c[nH]c1=O. The smallest absolute Gasteiger partial charge is 0.252 e. The fourth-order valence-electron chi connectivity index (χ4n) is 0.981. The minimum Gasteiger partial charge on any atom is -0.391 e. The zero-order chi connectivity index (χ0) is 10.0. The van der Waals surface area contributed by atoms with Gasteiger partial charge in [-0.05, 0) is 28.9 Å². The van der Waals surface area contributed by atoms with E-state index in [4.69, 9.17) is 5.73 Å². The number of hydrogen-bond acceptors (Lipinski definition) is 3. The van der Waals surface area contributed by atoms with Crippen LogP contribution in [0, 0.1) is 0 Å². The zero-order valence-electron chi connectivity index (χ0n) is 7.12. The highest BCUT2D eigenvalue weighted by molar-refractivity contribution is 9.10. The number of H-pyrrole nitrogens is 1. The molecule has 1 aromatic rings. The Balaban J connectivity index is 3.13. The largest absolute Gasteiger partial charge is 0.391 e. The maximum Gasteiger partial charge on any atom is 0.252 e. The molecule has 4 N–H and O–H groups in total. The molecule has 0 radical (unpaired) electrons. The predicted molar refractivity (Wildman–Crippen MR) is 53.4 cm³/mol. The van der Waals surface area contributed by atoms with Gasteiger partial charge in [0.25, 0.3) is 5.56 Å². The van der Waals surface area contributed by atoms with Crippen LogP contribution in [0.3, 0.4) is 0 Å². The van der Waals surface area contributed by atoms with Crippen LogP contribution in [0.4, 0.5) is 0 Å². The summed E-state index contributed by atoms with van der Waals surface area (Å²) in [6.07, 6.45) is 0.788. The first kappa shape index (κ1) is 10.4. The van der Waals surface area contributed by atoms with E-state index in [0.29, 0.717) is 5.56 Å². The molecule has 0 aliphatic rings. The topological polar surface area (TPSA) is 79.1 Å². The molecule has 0 aliphatic carbocycles. The molecule has 0 saturated carbocycles. The fraction of sp³-hybridized carbons (Fsp3) is 0.375. The highest BCUT2D eigenvalue weighted by Crippen LogP contribution is 2.14. The molecule has 5 heteroatoms. The van der Waals surface area contributed by atoms with Crippen molar-refractivity contribution in [1.82, 2.24) is 4.98 Å². The molecule has 0 aliphatic heterocycles. The van der Waals surface area contributed by atoms with Gasteiger partial charge >= 0.3 is 0 Å². The molecule has 13 heavy (non-hydrogen) atoms. The number of nitrogens with one attached hydrogen (secondary N) is 1. The molecule has 0 bridgehead atoms. The molecule has 0 fully saturated rings. The van der Waals surface area contributed by atoms with Crippen LogP contribution in [-0.2, 0) is 0 Å². The molecule has 0 amide bonds. The standard InChI is InChI=1S/C8H11BrN2O2/c1-4(12)7(10)6-2-5(9)3-11-8(6)13/h2-4,7,12H,10H2,1H3,(H,11,13)/t4-,7-/m1/s1. The van der Waals surface area contributed by atoms with Gasteiger partial charge in [0.05, 0.1) is 12.1 Å². The maximum atomic E-state index is 11.2. The van der Waals surface area contributed by atoms with E-state index in [-0.39, 0.29) is 5.56 Å². The number of nitrogens with two attached hydrogens (primary N) is 1. The van der Waals surface area contributed by atoms with Gasteiger partial charge in [0.2, 0.25) is 0 Å². The van der Waals surface area contributed by atoms with Crippen molar-refractivity contribution in [2.45, 2.75) is 19.1 Å². The Bertz CT molecular complexity index is 348. The number of aromatic amines is 1. The van der Waals surface area contributed by atoms with Crippen LogP contribution in [0.2, 0.25) is 0 Å². The summed E-state index contributed by atoms with van der Waals surface area (Å²) >= 11 is 3.21. The number of aromatic nitrogens is 1. The van der Waals surface area contributed by atoms with Crippen LogP contribution < -0.4 is 11.3 Å². The van der Waals surface area contributed by atoms with Crippen molar-refractivity contribution >= 4 is 15.9 Å². The summed E-state index contributed by atoms with van der Waals surface area (Å²) < 4.78 is 0.734. The van der Waals surface area contributed by atoms with Gasteiger partial charge in [-0.25, -0.2) is 0 Å². The summed E-state index contributed by atoms with van der Waals surface area (Å²) in [5, 5.41) is 9.20. The van der Waals surface area contributed by atoms with E-state index in [1.807, 2.05) is 0 Å². The molecule has 2 atom stereocenters. The van der Waals surface area contributed by atoms with Crippen LogP contribution in [0.15, 0.2) is 21.5 Å². The summed E-state index contributed by atoms with van der Waals surface area (Å²) in [5.74, 6) is 0. The van der Waals surface area contributed by atoms with Crippen molar-refractivity contribution < 1.29 is 5.11 Å². The number of aliphatic hydroxyl groups excluding tert-OH is 1. The second-order valence-electron chi connectivity index (χ2n) is 2.87. The zero-order valence-corrected chi connectivity index (χ0v) is 8.71. The lowest BCUT2D eigenvalue weighted by Crippen LogP contribution is -2.29. The minimum atomic E-state index is -0.740. The van der Waals surface area contributed by atoms with Crippen LogP contribution in [0.5, 0.6) is 0 Å². The number of rotatable bonds is 2. The van der Waals surface area contributed by atoms with Crippen molar-refractivity contribution in [3.8, 4) is 0 Å². The van der Waals surface area contributed by atoms with Crippen molar-refractivity contribution in [3.63, 3.8) is 0 Å². The van der Waals surface area contributed by atoms with Crippen LogP contribution in [-0.4, -0.2) is 16.2 Å². The lowest BCUT2D eigenvalue weighted by molar-refractivity contribution is 0.163. The van der Waals surface area contributed by atoms with E-state index >= 15 is 0 Å². The molecule has 1 heterocycles. The predicted octanol–water partition coefficient (Wildman–Crippen LogP) is 0.518. The molecule has 0 spiro atoms. The molecule has 1 rings (SSSR count). The van der Waals surface area contributed by atoms with Crippen molar-refractivity contribution in [1.29, 1.82) is 0 Å². The van der Waals surface area contributed by atoms with Gasteiger partial charge in [0.15, 0.2) is 0 Å². The second-order valence-corrected chi connectivity index (χ2v) is 3.78. The molecule has 4 nitrogen and oxygen atoms in total. The lowest BCUT2D eigenvalue weighted by Gasteiger charge is -2.13. The number of pyridine rings is 1. The Morgan fingerprint density at radius 1 is 1.69 bits per heavy atom. The Labute approximate surface area is 83.9 Å². The van der Waals surface area contributed by atoms with Gasteiger partial charge in [-0.1, -0.05) is 0 Å². The Morgan fingerprint density at radius 2 is 2.31 bits per heavy atom. The van der Waals surface area contributed by atoms with E-state index in [1.165, 1.54) is 6.20 Å². The first-order valence-corrected chi connectivity index (χ1v) is 4.63. The summed E-state index contributed by atoms with van der Waals surface area (Å²) in [7, 11) is 0. The fourth-order valence-corrected chi connectivity index (χ4v) is 1.34. The van der Waals surface area contributed by atoms with E-state index in [0.717, 1.165) is 4.47 Å². The lowest BCUT2D eigenvalue weighted by atomic mass is 10.1. The van der Waals surface area contributed by atoms with E-state index in [2.05, 4.69) is 20.9 Å². The molecule has 0 saturated heterocycles. The maximum absolute atomic E-state index is 11.2. The molecule has 1 aromatic heterocycles. The summed E-state index contributed by atoms with van der Waals surface area (Å²) in [5.41, 5.74) is 5.73. The molecular formula is C8H11BrN2O2. The van der Waals surface area contributed by atoms with Gasteiger partial charge < -0.3 is 15.8 Å². The van der Waals surface area contributed by atoms with Gasteiger partial charge in [-0.2, -0.15) is 0 Å². The highest BCUT2D eigenvalue weighted by atomic mass is 79.9. The van der Waals surface area contributed by atoms with Gasteiger partial charge in [-0.15, -0.1) is 0 Å². The normalized spacial score (nSPS) is 15.4. The van der Waals surface area contributed by atoms with Crippen LogP contribution in [0.1, 0.15) is 18.5 Å². The third-order valence-electron chi connectivity index (χ3n) is 1.78. The molecular weight excluding hydrogens is 236 g/mol. The first-order valence-electron chi connectivity index (χ1n) is 3.84. The second kappa shape index (κ2) is 4.04. The van der Waals surface area contributed by atoms with Crippen molar-refractivity contribution in [3.05, 3.63) is 32.7 Å². The quantitative estimate of drug-likeness (QED) is 0.712. The summed E-state index contributed by atoms with van der Waals surface area (Å²) in [6.45, 7) is 1.55. The Hall–Kier alpha value is -0.650. The van der Waals surface area contributed by atoms with Crippen LogP contribution in [0.25, 0.3) is 0 Å². The van der Waals surface area contributed by atoms with E-state index < -0.39 is 12.1 Å². The van der Waals surface area contributed by atoms with Crippen molar-refractivity contribution in [2.24, 2.45) is 5.73 Å². The third-order valence-corrected chi connectivity index (χ3v) is 2.23. The Morgan fingerprint density at radius 3 is 2.85 bits per heavy atom. The summed E-state index contributed by atoms with van der Waals surface area (Å²) in [4.78, 5) is 13.8. The monoisotopic (exact) mass is 246 g/mol. The van der Waals surface area contributed by atoms with E-state index in [1.54, 1.807) is 13.0 Å². The average Bonchev–Trinajstić information content (AvgIpc) is 2.08. The number of hydrogen-bond donors (Lipinski definition) is 3. The first-order chi connectivity index (χ1) is 6.02. The van der Waals surface area contributed by atoms with Gasteiger partial charge in [-0.3, -0.25) is 4.79 Å². The van der Waals surface area contributed by atoms with Crippen molar-refractivity contribution in [2.75, 3.05) is 0 Å². The van der Waals surface area contributed by atoms with Gasteiger partial charge in [0.1, 0.15) is 0 Å². The van der Waals surface area contributed by atoms with Crippen LogP contribution >= 0.6 is 15.9 Å². The molecule has 0 aromatic carbocycles. The van der Waals surface area contributed by atoms with Gasteiger partial charge in [0, 0.05) is 16.2 Å². The third kappa shape index (κ3) is 2.40. The van der Waals surface area contributed by atoms with E-state index in [9.17, 15) is 9.90 Å². The Kier molecular flexibility index (Phi) is 3.24. The molecule has 72 valence electrons. The minimum absolute atomic E-state index is 0.267. The number of halogens is 1. The average molecular weight is 247 g/mol.